The molecule has 0 radical (unpaired) electrons. The SMILES string of the molecule is CCOCCCC(N)Cc1ccn(C(CC)CC)n1. The number of hydrogen-bond acceptors (Lipinski definition) is 3. The van der Waals surface area contributed by atoms with Gasteiger partial charge in [0.25, 0.3) is 0 Å². The van der Waals surface area contributed by atoms with Crippen LogP contribution in [0.4, 0.5) is 0 Å². The first-order valence-corrected chi connectivity index (χ1v) is 7.58. The summed E-state index contributed by atoms with van der Waals surface area (Å²) in [5.41, 5.74) is 7.24. The largest absolute Gasteiger partial charge is 0.382 e. The molecule has 19 heavy (non-hydrogen) atoms. The van der Waals surface area contributed by atoms with Crippen LogP contribution in [-0.2, 0) is 11.2 Å². The van der Waals surface area contributed by atoms with Gasteiger partial charge in [0, 0.05) is 31.9 Å². The molecule has 0 aliphatic carbocycles. The van der Waals surface area contributed by atoms with Crippen LogP contribution in [0.3, 0.4) is 0 Å². The number of nitrogens with two attached hydrogens (primary N) is 1. The monoisotopic (exact) mass is 267 g/mol. The van der Waals surface area contributed by atoms with E-state index in [1.165, 1.54) is 0 Å². The lowest BCUT2D eigenvalue weighted by atomic mass is 10.1. The fourth-order valence-electron chi connectivity index (χ4n) is 2.32. The van der Waals surface area contributed by atoms with Crippen LogP contribution in [0.2, 0.25) is 0 Å². The molecule has 110 valence electrons. The Balaban J connectivity index is 2.36. The zero-order valence-corrected chi connectivity index (χ0v) is 12.6. The second kappa shape index (κ2) is 9.10. The van der Waals surface area contributed by atoms with E-state index in [0.29, 0.717) is 6.04 Å². The van der Waals surface area contributed by atoms with Gasteiger partial charge in [0.05, 0.1) is 11.7 Å². The maximum absolute atomic E-state index is 6.13. The van der Waals surface area contributed by atoms with Gasteiger partial charge in [-0.25, -0.2) is 0 Å². The summed E-state index contributed by atoms with van der Waals surface area (Å²) >= 11 is 0. The first-order chi connectivity index (χ1) is 9.21. The Labute approximate surface area is 117 Å². The van der Waals surface area contributed by atoms with Gasteiger partial charge in [-0.1, -0.05) is 13.8 Å². The molecule has 1 atom stereocenters. The van der Waals surface area contributed by atoms with Crippen LogP contribution in [-0.4, -0.2) is 29.0 Å². The molecule has 0 bridgehead atoms. The average molecular weight is 267 g/mol. The van der Waals surface area contributed by atoms with Crippen molar-refractivity contribution >= 4 is 0 Å². The Morgan fingerprint density at radius 1 is 1.32 bits per heavy atom. The van der Waals surface area contributed by atoms with Crippen molar-refractivity contribution in [1.29, 1.82) is 0 Å². The molecular formula is C15H29N3O. The molecule has 0 spiro atoms. The van der Waals surface area contributed by atoms with Gasteiger partial charge in [-0.2, -0.15) is 5.10 Å². The van der Waals surface area contributed by atoms with E-state index in [-0.39, 0.29) is 6.04 Å². The summed E-state index contributed by atoms with van der Waals surface area (Å²) in [5.74, 6) is 0. The second-order valence-electron chi connectivity index (χ2n) is 5.06. The molecule has 4 heteroatoms. The summed E-state index contributed by atoms with van der Waals surface area (Å²) in [7, 11) is 0. The fourth-order valence-corrected chi connectivity index (χ4v) is 2.32. The second-order valence-corrected chi connectivity index (χ2v) is 5.06. The molecule has 0 saturated carbocycles. The molecule has 1 aromatic heterocycles. The van der Waals surface area contributed by atoms with E-state index in [1.54, 1.807) is 0 Å². The maximum Gasteiger partial charge on any atom is 0.0640 e. The molecule has 1 heterocycles. The molecule has 0 aliphatic heterocycles. The number of nitrogens with zero attached hydrogens (tertiary/aromatic N) is 2. The van der Waals surface area contributed by atoms with Crippen LogP contribution >= 0.6 is 0 Å². The van der Waals surface area contributed by atoms with Crippen molar-refractivity contribution in [3.8, 4) is 0 Å². The van der Waals surface area contributed by atoms with E-state index in [4.69, 9.17) is 10.5 Å². The average Bonchev–Trinajstić information content (AvgIpc) is 2.84. The quantitative estimate of drug-likeness (QED) is 0.663. The summed E-state index contributed by atoms with van der Waals surface area (Å²) in [6.45, 7) is 8.02. The van der Waals surface area contributed by atoms with Crippen molar-refractivity contribution < 1.29 is 4.74 Å². The van der Waals surface area contributed by atoms with Crippen LogP contribution in [0.15, 0.2) is 12.3 Å². The number of hydrogen-bond donors (Lipinski definition) is 1. The third-order valence-corrected chi connectivity index (χ3v) is 3.52. The van der Waals surface area contributed by atoms with Crippen molar-refractivity contribution in [3.05, 3.63) is 18.0 Å². The normalized spacial score (nSPS) is 13.1. The van der Waals surface area contributed by atoms with Crippen LogP contribution < -0.4 is 5.73 Å². The number of ether oxygens (including phenoxy) is 1. The molecule has 0 saturated heterocycles. The standard InChI is InChI=1S/C15H29N3O/c1-4-15(5-2)18-10-9-14(17-18)12-13(16)8-7-11-19-6-3/h9-10,13,15H,4-8,11-12,16H2,1-3H3. The molecule has 2 N–H and O–H groups in total. The summed E-state index contributed by atoms with van der Waals surface area (Å²) in [6.07, 6.45) is 7.22. The van der Waals surface area contributed by atoms with E-state index in [2.05, 4.69) is 35.9 Å². The van der Waals surface area contributed by atoms with E-state index in [9.17, 15) is 0 Å². The zero-order valence-electron chi connectivity index (χ0n) is 12.6. The highest BCUT2D eigenvalue weighted by atomic mass is 16.5. The molecule has 0 amide bonds. The minimum Gasteiger partial charge on any atom is -0.382 e. The van der Waals surface area contributed by atoms with Gasteiger partial charge < -0.3 is 10.5 Å². The van der Waals surface area contributed by atoms with Gasteiger partial charge in [-0.3, -0.25) is 4.68 Å². The predicted molar refractivity (Wildman–Crippen MR) is 79.3 cm³/mol. The van der Waals surface area contributed by atoms with Crippen molar-refractivity contribution in [3.63, 3.8) is 0 Å². The zero-order chi connectivity index (χ0) is 14.1. The van der Waals surface area contributed by atoms with Crippen LogP contribution in [0, 0.1) is 0 Å². The lowest BCUT2D eigenvalue weighted by Gasteiger charge is -2.13. The van der Waals surface area contributed by atoms with Crippen molar-refractivity contribution in [2.45, 2.75) is 65.0 Å². The Hall–Kier alpha value is -0.870. The van der Waals surface area contributed by atoms with Gasteiger partial charge in [0.2, 0.25) is 0 Å². The van der Waals surface area contributed by atoms with E-state index in [0.717, 1.165) is 51.0 Å². The summed E-state index contributed by atoms with van der Waals surface area (Å²) in [6, 6.07) is 2.80. The van der Waals surface area contributed by atoms with Crippen LogP contribution in [0.25, 0.3) is 0 Å². The fraction of sp³-hybridized carbons (Fsp3) is 0.800. The Morgan fingerprint density at radius 3 is 2.68 bits per heavy atom. The molecule has 1 aromatic rings. The minimum atomic E-state index is 0.186. The molecule has 0 aromatic carbocycles. The Kier molecular flexibility index (Phi) is 7.75. The molecule has 0 fully saturated rings. The molecule has 1 rings (SSSR count). The highest BCUT2D eigenvalue weighted by molar-refractivity contribution is 5.02. The van der Waals surface area contributed by atoms with Crippen molar-refractivity contribution in [2.75, 3.05) is 13.2 Å². The van der Waals surface area contributed by atoms with Gasteiger partial charge in [0.1, 0.15) is 0 Å². The van der Waals surface area contributed by atoms with Gasteiger partial charge in [0.15, 0.2) is 0 Å². The third kappa shape index (κ3) is 5.74. The Bertz CT molecular complexity index is 334. The molecule has 1 unspecified atom stereocenters. The minimum absolute atomic E-state index is 0.186. The molecule has 4 nitrogen and oxygen atoms in total. The van der Waals surface area contributed by atoms with Crippen LogP contribution in [0.5, 0.6) is 0 Å². The van der Waals surface area contributed by atoms with E-state index in [1.807, 2.05) is 6.92 Å². The first kappa shape index (κ1) is 16.2. The van der Waals surface area contributed by atoms with E-state index >= 15 is 0 Å². The smallest absolute Gasteiger partial charge is 0.0640 e. The lowest BCUT2D eigenvalue weighted by molar-refractivity contribution is 0.142. The van der Waals surface area contributed by atoms with Gasteiger partial charge in [-0.05, 0) is 38.7 Å². The van der Waals surface area contributed by atoms with Crippen molar-refractivity contribution in [1.82, 2.24) is 9.78 Å². The lowest BCUT2D eigenvalue weighted by Crippen LogP contribution is -2.23. The summed E-state index contributed by atoms with van der Waals surface area (Å²) in [4.78, 5) is 0. The molecular weight excluding hydrogens is 238 g/mol. The number of aromatic nitrogens is 2. The summed E-state index contributed by atoms with van der Waals surface area (Å²) in [5, 5.41) is 4.64. The maximum atomic E-state index is 6.13. The van der Waals surface area contributed by atoms with E-state index < -0.39 is 0 Å². The van der Waals surface area contributed by atoms with Gasteiger partial charge in [-0.15, -0.1) is 0 Å². The molecule has 0 aliphatic rings. The number of rotatable bonds is 10. The highest BCUT2D eigenvalue weighted by Gasteiger charge is 2.10. The Morgan fingerprint density at radius 2 is 2.05 bits per heavy atom. The van der Waals surface area contributed by atoms with Crippen molar-refractivity contribution in [2.24, 2.45) is 5.73 Å². The predicted octanol–water partition coefficient (Wildman–Crippen LogP) is 2.93. The summed E-state index contributed by atoms with van der Waals surface area (Å²) < 4.78 is 7.41. The van der Waals surface area contributed by atoms with Gasteiger partial charge >= 0.3 is 0 Å². The highest BCUT2D eigenvalue weighted by Crippen LogP contribution is 2.15. The van der Waals surface area contributed by atoms with Crippen LogP contribution in [0.1, 0.15) is 58.2 Å². The first-order valence-electron chi connectivity index (χ1n) is 7.58. The third-order valence-electron chi connectivity index (χ3n) is 3.52. The topological polar surface area (TPSA) is 53.1 Å².